The zero-order chi connectivity index (χ0) is 12.9. The standard InChI is InChI=1S/C12H20N3O2/c1-14-10-13-9-11(14)5-6-12(16)17-8-7-15(2,3)4/h5-6,9-10H,7-8H2,1-4H3/q+1/b6-5+. The van der Waals surface area contributed by atoms with Gasteiger partial charge in [-0.25, -0.2) is 9.78 Å². The van der Waals surface area contributed by atoms with E-state index in [1.165, 1.54) is 6.08 Å². The highest BCUT2D eigenvalue weighted by Gasteiger charge is 2.07. The minimum Gasteiger partial charge on any atom is -0.457 e. The molecule has 0 saturated heterocycles. The summed E-state index contributed by atoms with van der Waals surface area (Å²) in [7, 11) is 8.03. The Bertz CT molecular complexity index is 402. The Morgan fingerprint density at radius 3 is 2.76 bits per heavy atom. The maximum Gasteiger partial charge on any atom is 0.331 e. The second-order valence-electron chi connectivity index (χ2n) is 4.94. The van der Waals surface area contributed by atoms with Crippen molar-refractivity contribution in [1.82, 2.24) is 9.55 Å². The Balaban J connectivity index is 2.35. The van der Waals surface area contributed by atoms with Gasteiger partial charge in [0.05, 0.1) is 39.4 Å². The van der Waals surface area contributed by atoms with E-state index in [1.54, 1.807) is 18.6 Å². The monoisotopic (exact) mass is 238 g/mol. The maximum absolute atomic E-state index is 11.4. The first kappa shape index (κ1) is 13.4. The number of aryl methyl sites for hydroxylation is 1. The Hall–Kier alpha value is -1.62. The lowest BCUT2D eigenvalue weighted by Gasteiger charge is -2.23. The number of carbonyl (C=O) groups excluding carboxylic acids is 1. The molecule has 0 unspecified atom stereocenters. The lowest BCUT2D eigenvalue weighted by molar-refractivity contribution is -0.870. The highest BCUT2D eigenvalue weighted by molar-refractivity contribution is 5.86. The molecule has 0 fully saturated rings. The first-order chi connectivity index (χ1) is 7.88. The number of nitrogens with zero attached hydrogens (tertiary/aromatic N) is 3. The van der Waals surface area contributed by atoms with E-state index in [1.807, 2.05) is 11.6 Å². The van der Waals surface area contributed by atoms with Crippen molar-refractivity contribution in [3.63, 3.8) is 0 Å². The van der Waals surface area contributed by atoms with Gasteiger partial charge in [0.25, 0.3) is 0 Å². The molecule has 0 aliphatic carbocycles. The summed E-state index contributed by atoms with van der Waals surface area (Å²) in [5, 5.41) is 0. The van der Waals surface area contributed by atoms with Crippen LogP contribution in [-0.2, 0) is 16.6 Å². The lowest BCUT2D eigenvalue weighted by atomic mass is 10.4. The van der Waals surface area contributed by atoms with E-state index in [4.69, 9.17) is 4.74 Å². The average molecular weight is 238 g/mol. The molecule has 0 aromatic carbocycles. The van der Waals surface area contributed by atoms with Crippen LogP contribution in [0.4, 0.5) is 0 Å². The van der Waals surface area contributed by atoms with Gasteiger partial charge >= 0.3 is 5.97 Å². The van der Waals surface area contributed by atoms with Crippen molar-refractivity contribution in [2.24, 2.45) is 7.05 Å². The summed E-state index contributed by atoms with van der Waals surface area (Å²) in [6.07, 6.45) is 6.49. The van der Waals surface area contributed by atoms with Gasteiger partial charge < -0.3 is 13.8 Å². The summed E-state index contributed by atoms with van der Waals surface area (Å²) in [6, 6.07) is 0. The van der Waals surface area contributed by atoms with E-state index in [0.717, 1.165) is 16.7 Å². The number of aromatic nitrogens is 2. The zero-order valence-corrected chi connectivity index (χ0v) is 10.9. The fourth-order valence-corrected chi connectivity index (χ4v) is 1.15. The van der Waals surface area contributed by atoms with Crippen molar-refractivity contribution in [3.8, 4) is 0 Å². The number of esters is 1. The molecule has 0 spiro atoms. The van der Waals surface area contributed by atoms with Crippen molar-refractivity contribution >= 4 is 12.0 Å². The maximum atomic E-state index is 11.4. The van der Waals surface area contributed by atoms with Gasteiger partial charge in [-0.2, -0.15) is 0 Å². The molecule has 0 aliphatic heterocycles. The van der Waals surface area contributed by atoms with Crippen LogP contribution in [0, 0.1) is 0 Å². The predicted molar refractivity (Wildman–Crippen MR) is 66.1 cm³/mol. The van der Waals surface area contributed by atoms with Gasteiger partial charge in [0, 0.05) is 13.1 Å². The van der Waals surface area contributed by atoms with Crippen molar-refractivity contribution in [2.45, 2.75) is 0 Å². The van der Waals surface area contributed by atoms with Crippen LogP contribution >= 0.6 is 0 Å². The molecule has 0 bridgehead atoms. The molecular weight excluding hydrogens is 218 g/mol. The number of quaternary nitrogens is 1. The van der Waals surface area contributed by atoms with Crippen LogP contribution in [0.3, 0.4) is 0 Å². The first-order valence-electron chi connectivity index (χ1n) is 5.50. The summed E-state index contributed by atoms with van der Waals surface area (Å²) < 4.78 is 7.69. The van der Waals surface area contributed by atoms with Crippen molar-refractivity contribution in [3.05, 3.63) is 24.3 Å². The summed E-state index contributed by atoms with van der Waals surface area (Å²) in [5.74, 6) is -0.320. The van der Waals surface area contributed by atoms with Crippen LogP contribution in [0.25, 0.3) is 6.08 Å². The van der Waals surface area contributed by atoms with E-state index >= 15 is 0 Å². The lowest BCUT2D eigenvalue weighted by Crippen LogP contribution is -2.37. The van der Waals surface area contributed by atoms with Gasteiger partial charge in [0.1, 0.15) is 13.2 Å². The number of ether oxygens (including phenoxy) is 1. The molecular formula is C12H20N3O2+. The summed E-state index contributed by atoms with van der Waals surface area (Å²) in [4.78, 5) is 15.3. The molecule has 0 N–H and O–H groups in total. The summed E-state index contributed by atoms with van der Waals surface area (Å²) in [5.41, 5.74) is 0.869. The first-order valence-corrected chi connectivity index (χ1v) is 5.50. The molecule has 1 rings (SSSR count). The SMILES string of the molecule is Cn1cncc1/C=C/C(=O)OCC[N+](C)(C)C. The molecule has 0 amide bonds. The number of imidazole rings is 1. The fraction of sp³-hybridized carbons (Fsp3) is 0.500. The summed E-state index contributed by atoms with van der Waals surface area (Å²) in [6.45, 7) is 1.23. The van der Waals surface area contributed by atoms with Crippen LogP contribution in [0.5, 0.6) is 0 Å². The molecule has 1 aromatic rings. The highest BCUT2D eigenvalue weighted by atomic mass is 16.5. The molecule has 17 heavy (non-hydrogen) atoms. The second kappa shape index (κ2) is 5.63. The Labute approximate surface area is 102 Å². The Kier molecular flexibility index (Phi) is 4.45. The average Bonchev–Trinajstić information content (AvgIpc) is 2.59. The van der Waals surface area contributed by atoms with E-state index in [9.17, 15) is 4.79 Å². The van der Waals surface area contributed by atoms with Gasteiger partial charge in [-0.1, -0.05) is 0 Å². The molecule has 0 saturated carbocycles. The summed E-state index contributed by atoms with van der Waals surface area (Å²) >= 11 is 0. The zero-order valence-electron chi connectivity index (χ0n) is 10.9. The van der Waals surface area contributed by atoms with E-state index in [2.05, 4.69) is 26.1 Å². The van der Waals surface area contributed by atoms with Gasteiger partial charge in [-0.15, -0.1) is 0 Å². The molecule has 5 nitrogen and oxygen atoms in total. The van der Waals surface area contributed by atoms with Gasteiger partial charge in [0.15, 0.2) is 0 Å². The number of likely N-dealkylation sites (N-methyl/N-ethyl adjacent to an activating group) is 1. The Morgan fingerprint density at radius 1 is 1.53 bits per heavy atom. The van der Waals surface area contributed by atoms with Crippen molar-refractivity contribution < 1.29 is 14.0 Å². The highest BCUT2D eigenvalue weighted by Crippen LogP contribution is 1.99. The molecule has 0 aliphatic rings. The van der Waals surface area contributed by atoms with Crippen LogP contribution in [-0.4, -0.2) is 54.3 Å². The van der Waals surface area contributed by atoms with Crippen LogP contribution < -0.4 is 0 Å². The second-order valence-corrected chi connectivity index (χ2v) is 4.94. The van der Waals surface area contributed by atoms with Gasteiger partial charge in [0.2, 0.25) is 0 Å². The van der Waals surface area contributed by atoms with E-state index in [0.29, 0.717) is 6.61 Å². The third kappa shape index (κ3) is 5.31. The topological polar surface area (TPSA) is 44.1 Å². The quantitative estimate of drug-likeness (QED) is 0.430. The number of hydrogen-bond acceptors (Lipinski definition) is 3. The molecule has 5 heteroatoms. The van der Waals surface area contributed by atoms with Crippen molar-refractivity contribution in [2.75, 3.05) is 34.3 Å². The normalized spacial score (nSPS) is 12.0. The smallest absolute Gasteiger partial charge is 0.331 e. The third-order valence-corrected chi connectivity index (χ3v) is 2.25. The van der Waals surface area contributed by atoms with Gasteiger partial charge in [-0.05, 0) is 6.08 Å². The number of hydrogen-bond donors (Lipinski definition) is 0. The van der Waals surface area contributed by atoms with Crippen LogP contribution in [0.2, 0.25) is 0 Å². The molecule has 0 atom stereocenters. The molecule has 1 aromatic heterocycles. The Morgan fingerprint density at radius 2 is 2.24 bits per heavy atom. The minimum atomic E-state index is -0.320. The van der Waals surface area contributed by atoms with Crippen LogP contribution in [0.15, 0.2) is 18.6 Å². The van der Waals surface area contributed by atoms with Crippen LogP contribution in [0.1, 0.15) is 5.69 Å². The molecule has 0 radical (unpaired) electrons. The molecule has 1 heterocycles. The minimum absolute atomic E-state index is 0.320. The third-order valence-electron chi connectivity index (χ3n) is 2.25. The predicted octanol–water partition coefficient (Wildman–Crippen LogP) is 0.683. The largest absolute Gasteiger partial charge is 0.457 e. The van der Waals surface area contributed by atoms with E-state index in [-0.39, 0.29) is 5.97 Å². The number of carbonyl (C=O) groups is 1. The fourth-order valence-electron chi connectivity index (χ4n) is 1.15. The van der Waals surface area contributed by atoms with Gasteiger partial charge in [-0.3, -0.25) is 0 Å². The van der Waals surface area contributed by atoms with Crippen molar-refractivity contribution in [1.29, 1.82) is 0 Å². The number of rotatable bonds is 5. The van der Waals surface area contributed by atoms with E-state index < -0.39 is 0 Å². The molecule has 94 valence electrons.